The van der Waals surface area contributed by atoms with Gasteiger partial charge in [-0.3, -0.25) is 4.68 Å². The molecule has 1 aromatic rings. The van der Waals surface area contributed by atoms with Crippen LogP contribution in [-0.4, -0.2) is 22.4 Å². The van der Waals surface area contributed by atoms with Crippen molar-refractivity contribution < 1.29 is 0 Å². The molecule has 0 aromatic carbocycles. The third-order valence-corrected chi connectivity index (χ3v) is 4.50. The molecule has 1 unspecified atom stereocenters. The van der Waals surface area contributed by atoms with E-state index in [1.165, 1.54) is 25.0 Å². The summed E-state index contributed by atoms with van der Waals surface area (Å²) in [5, 5.41) is 9.07. The molecule has 0 saturated heterocycles. The van der Waals surface area contributed by atoms with E-state index in [1.54, 1.807) is 0 Å². The van der Waals surface area contributed by atoms with Crippen molar-refractivity contribution in [3.63, 3.8) is 0 Å². The minimum atomic E-state index is 0.648. The van der Waals surface area contributed by atoms with E-state index in [-0.39, 0.29) is 0 Å². The van der Waals surface area contributed by atoms with Crippen LogP contribution in [0.2, 0.25) is 5.02 Å². The Morgan fingerprint density at radius 2 is 2.10 bits per heavy atom. The highest BCUT2D eigenvalue weighted by Crippen LogP contribution is 2.26. The summed E-state index contributed by atoms with van der Waals surface area (Å²) in [6.07, 6.45) is 4.97. The minimum Gasteiger partial charge on any atom is -0.314 e. The molecule has 114 valence electrons. The lowest BCUT2D eigenvalue weighted by atomic mass is 9.92. The summed E-state index contributed by atoms with van der Waals surface area (Å²) in [4.78, 5) is 0. The quantitative estimate of drug-likeness (QED) is 0.790. The Labute approximate surface area is 128 Å². The van der Waals surface area contributed by atoms with E-state index < -0.39 is 0 Å². The maximum atomic E-state index is 6.44. The monoisotopic (exact) mass is 297 g/mol. The van der Waals surface area contributed by atoms with Crippen molar-refractivity contribution in [3.05, 3.63) is 16.4 Å². The highest BCUT2D eigenvalue weighted by atomic mass is 35.5. The first-order valence-electron chi connectivity index (χ1n) is 7.96. The van der Waals surface area contributed by atoms with Crippen LogP contribution in [-0.2, 0) is 13.0 Å². The lowest BCUT2D eigenvalue weighted by Gasteiger charge is -2.20. The number of hydrogen-bond acceptors (Lipinski definition) is 2. The number of nitrogens with zero attached hydrogens (tertiary/aromatic N) is 2. The molecule has 4 heteroatoms. The second kappa shape index (κ2) is 6.95. The molecular weight excluding hydrogens is 270 g/mol. The van der Waals surface area contributed by atoms with Crippen LogP contribution in [0.25, 0.3) is 0 Å². The van der Waals surface area contributed by atoms with Gasteiger partial charge in [-0.05, 0) is 57.9 Å². The van der Waals surface area contributed by atoms with Gasteiger partial charge >= 0.3 is 0 Å². The van der Waals surface area contributed by atoms with Gasteiger partial charge in [-0.15, -0.1) is 0 Å². The van der Waals surface area contributed by atoms with Gasteiger partial charge in [0, 0.05) is 12.6 Å². The van der Waals surface area contributed by atoms with Gasteiger partial charge in [0.15, 0.2) is 0 Å². The maximum absolute atomic E-state index is 6.44. The first-order valence-corrected chi connectivity index (χ1v) is 8.34. The number of aromatic nitrogens is 2. The molecule has 1 saturated carbocycles. The van der Waals surface area contributed by atoms with E-state index >= 15 is 0 Å². The smallest absolute Gasteiger partial charge is 0.0847 e. The first kappa shape index (κ1) is 15.8. The fourth-order valence-electron chi connectivity index (χ4n) is 2.86. The molecule has 1 N–H and O–H groups in total. The molecule has 3 nitrogen and oxygen atoms in total. The van der Waals surface area contributed by atoms with E-state index in [0.29, 0.717) is 5.92 Å². The fourth-order valence-corrected chi connectivity index (χ4v) is 3.08. The zero-order valence-corrected chi connectivity index (χ0v) is 14.0. The average Bonchev–Trinajstić information content (AvgIpc) is 3.17. The standard InChI is InChI=1S/C16H28ClN3/c1-5-20-15(16(17)12(4)19-20)9-13(8-11(2)3)10-18-14-6-7-14/h11,13-14,18H,5-10H2,1-4H3. The molecule has 20 heavy (non-hydrogen) atoms. The van der Waals surface area contributed by atoms with Gasteiger partial charge in [0.2, 0.25) is 0 Å². The summed E-state index contributed by atoms with van der Waals surface area (Å²) >= 11 is 6.44. The van der Waals surface area contributed by atoms with Gasteiger partial charge < -0.3 is 5.32 Å². The Hall–Kier alpha value is -0.540. The summed E-state index contributed by atoms with van der Waals surface area (Å²) in [7, 11) is 0. The maximum Gasteiger partial charge on any atom is 0.0847 e. The third-order valence-electron chi connectivity index (χ3n) is 4.01. The van der Waals surface area contributed by atoms with Gasteiger partial charge in [0.1, 0.15) is 0 Å². The van der Waals surface area contributed by atoms with Crippen LogP contribution >= 0.6 is 11.6 Å². The van der Waals surface area contributed by atoms with Crippen LogP contribution in [0.5, 0.6) is 0 Å². The third kappa shape index (κ3) is 4.23. The second-order valence-electron chi connectivity index (χ2n) is 6.54. The predicted molar refractivity (Wildman–Crippen MR) is 85.3 cm³/mol. The van der Waals surface area contributed by atoms with Gasteiger partial charge in [0.05, 0.1) is 16.4 Å². The van der Waals surface area contributed by atoms with Crippen molar-refractivity contribution in [1.29, 1.82) is 0 Å². The summed E-state index contributed by atoms with van der Waals surface area (Å²) in [6.45, 7) is 10.7. The number of halogens is 1. The zero-order chi connectivity index (χ0) is 14.7. The first-order chi connectivity index (χ1) is 9.51. The number of aryl methyl sites for hydroxylation is 2. The molecule has 1 aliphatic carbocycles. The van der Waals surface area contributed by atoms with Gasteiger partial charge in [-0.1, -0.05) is 25.4 Å². The van der Waals surface area contributed by atoms with E-state index in [1.807, 2.05) is 6.92 Å². The molecule has 0 bridgehead atoms. The van der Waals surface area contributed by atoms with E-state index in [4.69, 9.17) is 11.6 Å². The Morgan fingerprint density at radius 3 is 2.65 bits per heavy atom. The number of rotatable bonds is 8. The minimum absolute atomic E-state index is 0.648. The molecule has 0 spiro atoms. The topological polar surface area (TPSA) is 29.9 Å². The van der Waals surface area contributed by atoms with Crippen molar-refractivity contribution in [2.45, 2.75) is 66.0 Å². The summed E-state index contributed by atoms with van der Waals surface area (Å²) in [6, 6.07) is 0.776. The zero-order valence-electron chi connectivity index (χ0n) is 13.2. The Balaban J connectivity index is 2.04. The Morgan fingerprint density at radius 1 is 1.40 bits per heavy atom. The highest BCUT2D eigenvalue weighted by molar-refractivity contribution is 6.31. The SMILES string of the molecule is CCn1nc(C)c(Cl)c1CC(CNC1CC1)CC(C)C. The van der Waals surface area contributed by atoms with Crippen molar-refractivity contribution in [2.75, 3.05) is 6.54 Å². The van der Waals surface area contributed by atoms with Crippen LogP contribution in [0.1, 0.15) is 51.4 Å². The molecule has 2 rings (SSSR count). The Kier molecular flexibility index (Phi) is 5.50. The van der Waals surface area contributed by atoms with E-state index in [9.17, 15) is 0 Å². The van der Waals surface area contributed by atoms with Crippen molar-refractivity contribution in [2.24, 2.45) is 11.8 Å². The van der Waals surface area contributed by atoms with Crippen molar-refractivity contribution >= 4 is 11.6 Å². The molecule has 0 aliphatic heterocycles. The van der Waals surface area contributed by atoms with Gasteiger partial charge in [-0.2, -0.15) is 5.10 Å². The van der Waals surface area contributed by atoms with Crippen LogP contribution < -0.4 is 5.32 Å². The lowest BCUT2D eigenvalue weighted by Crippen LogP contribution is -2.27. The molecular formula is C16H28ClN3. The summed E-state index contributed by atoms with van der Waals surface area (Å²) < 4.78 is 2.07. The van der Waals surface area contributed by atoms with Crippen molar-refractivity contribution in [1.82, 2.24) is 15.1 Å². The average molecular weight is 298 g/mol. The summed E-state index contributed by atoms with van der Waals surface area (Å²) in [5.74, 6) is 1.37. The van der Waals surface area contributed by atoms with Crippen LogP contribution in [0.3, 0.4) is 0 Å². The molecule has 0 radical (unpaired) electrons. The van der Waals surface area contributed by atoms with Gasteiger partial charge in [-0.25, -0.2) is 0 Å². The molecule has 1 atom stereocenters. The number of hydrogen-bond donors (Lipinski definition) is 1. The number of nitrogens with one attached hydrogen (secondary N) is 1. The molecule has 1 fully saturated rings. The second-order valence-corrected chi connectivity index (χ2v) is 6.92. The van der Waals surface area contributed by atoms with Gasteiger partial charge in [0.25, 0.3) is 0 Å². The van der Waals surface area contributed by atoms with Crippen LogP contribution in [0, 0.1) is 18.8 Å². The van der Waals surface area contributed by atoms with Crippen molar-refractivity contribution in [3.8, 4) is 0 Å². The Bertz CT molecular complexity index is 435. The molecule has 1 heterocycles. The van der Waals surface area contributed by atoms with E-state index in [0.717, 1.165) is 42.2 Å². The van der Waals surface area contributed by atoms with Crippen LogP contribution in [0.15, 0.2) is 0 Å². The highest BCUT2D eigenvalue weighted by Gasteiger charge is 2.24. The molecule has 1 aromatic heterocycles. The largest absolute Gasteiger partial charge is 0.314 e. The fraction of sp³-hybridized carbons (Fsp3) is 0.812. The summed E-state index contributed by atoms with van der Waals surface area (Å²) in [5.41, 5.74) is 2.18. The normalized spacial score (nSPS) is 16.9. The molecule has 1 aliphatic rings. The van der Waals surface area contributed by atoms with Crippen LogP contribution in [0.4, 0.5) is 0 Å². The lowest BCUT2D eigenvalue weighted by molar-refractivity contribution is 0.375. The molecule has 0 amide bonds. The predicted octanol–water partition coefficient (Wildman–Crippen LogP) is 3.82. The van der Waals surface area contributed by atoms with E-state index in [2.05, 4.69) is 35.9 Å².